The number of aromatic nitrogens is 2. The maximum Gasteiger partial charge on any atom is 0.350 e. The normalized spacial score (nSPS) is 10.6. The first kappa shape index (κ1) is 14.5. The van der Waals surface area contributed by atoms with Gasteiger partial charge in [0.15, 0.2) is 12.4 Å². The number of thiazole rings is 1. The molecule has 0 aliphatic carbocycles. The smallest absolute Gasteiger partial charge is 0.350 e. The molecule has 22 heavy (non-hydrogen) atoms. The number of hydrogen-bond donors (Lipinski definition) is 0. The minimum atomic E-state index is -0.397. The van der Waals surface area contributed by atoms with E-state index in [1.54, 1.807) is 13.0 Å². The molecular formula is C16H14N2O3S. The zero-order valence-corrected chi connectivity index (χ0v) is 13.0. The minimum Gasteiger partial charge on any atom is -0.453 e. The lowest BCUT2D eigenvalue weighted by Crippen LogP contribution is -2.04. The summed E-state index contributed by atoms with van der Waals surface area (Å²) in [6, 6.07) is 11.5. The molecular weight excluding hydrogens is 300 g/mol. The average Bonchev–Trinajstić information content (AvgIpc) is 3.12. The van der Waals surface area contributed by atoms with Gasteiger partial charge >= 0.3 is 5.97 Å². The van der Waals surface area contributed by atoms with Gasteiger partial charge in [0, 0.05) is 11.6 Å². The van der Waals surface area contributed by atoms with Gasteiger partial charge in [-0.15, -0.1) is 11.3 Å². The SMILES string of the molecule is Cc1cc(COC(=O)c2sc(-c3ccccc3)nc2C)on1. The van der Waals surface area contributed by atoms with E-state index in [9.17, 15) is 4.79 Å². The van der Waals surface area contributed by atoms with Crippen molar-refractivity contribution in [3.8, 4) is 10.6 Å². The topological polar surface area (TPSA) is 65.2 Å². The molecule has 0 spiro atoms. The van der Waals surface area contributed by atoms with E-state index >= 15 is 0 Å². The van der Waals surface area contributed by atoms with Crippen LogP contribution in [0.4, 0.5) is 0 Å². The van der Waals surface area contributed by atoms with Crippen LogP contribution in [-0.4, -0.2) is 16.1 Å². The Hall–Kier alpha value is -2.47. The predicted octanol–water partition coefficient (Wildman–Crippen LogP) is 3.77. The van der Waals surface area contributed by atoms with Crippen LogP contribution < -0.4 is 0 Å². The first-order chi connectivity index (χ1) is 10.6. The van der Waals surface area contributed by atoms with Gasteiger partial charge in [0.05, 0.1) is 11.4 Å². The van der Waals surface area contributed by atoms with E-state index in [0.29, 0.717) is 16.3 Å². The van der Waals surface area contributed by atoms with Crippen molar-refractivity contribution in [1.29, 1.82) is 0 Å². The molecule has 0 N–H and O–H groups in total. The van der Waals surface area contributed by atoms with Crippen molar-refractivity contribution in [1.82, 2.24) is 10.1 Å². The number of aryl methyl sites for hydroxylation is 2. The molecule has 5 nitrogen and oxygen atoms in total. The van der Waals surface area contributed by atoms with Crippen LogP contribution in [0.3, 0.4) is 0 Å². The minimum absolute atomic E-state index is 0.0671. The van der Waals surface area contributed by atoms with E-state index in [4.69, 9.17) is 9.26 Å². The first-order valence-corrected chi connectivity index (χ1v) is 7.57. The summed E-state index contributed by atoms with van der Waals surface area (Å²) in [6.45, 7) is 3.68. The highest BCUT2D eigenvalue weighted by atomic mass is 32.1. The van der Waals surface area contributed by atoms with Gasteiger partial charge in [0.1, 0.15) is 9.88 Å². The summed E-state index contributed by atoms with van der Waals surface area (Å²) in [4.78, 5) is 17.1. The second-order valence-corrected chi connectivity index (χ2v) is 5.81. The molecule has 0 fully saturated rings. The monoisotopic (exact) mass is 314 g/mol. The quantitative estimate of drug-likeness (QED) is 0.686. The summed E-state index contributed by atoms with van der Waals surface area (Å²) in [5.41, 5.74) is 2.41. The number of esters is 1. The Bertz CT molecular complexity index is 793. The highest BCUT2D eigenvalue weighted by Crippen LogP contribution is 2.28. The second-order valence-electron chi connectivity index (χ2n) is 4.81. The molecule has 0 aliphatic heterocycles. The molecule has 1 aromatic carbocycles. The molecule has 2 heterocycles. The zero-order chi connectivity index (χ0) is 15.5. The molecule has 0 aliphatic rings. The molecule has 3 aromatic rings. The Morgan fingerprint density at radius 2 is 2.05 bits per heavy atom. The van der Waals surface area contributed by atoms with E-state index in [0.717, 1.165) is 16.3 Å². The van der Waals surface area contributed by atoms with Crippen LogP contribution in [0.15, 0.2) is 40.9 Å². The van der Waals surface area contributed by atoms with Gasteiger partial charge in [0.2, 0.25) is 0 Å². The number of benzene rings is 1. The molecule has 6 heteroatoms. The molecule has 0 radical (unpaired) electrons. The number of carbonyl (C=O) groups is 1. The van der Waals surface area contributed by atoms with Crippen molar-refractivity contribution in [2.45, 2.75) is 20.5 Å². The van der Waals surface area contributed by atoms with Crippen LogP contribution in [0.25, 0.3) is 10.6 Å². The largest absolute Gasteiger partial charge is 0.453 e. The van der Waals surface area contributed by atoms with Crippen molar-refractivity contribution < 1.29 is 14.1 Å². The molecule has 0 amide bonds. The Morgan fingerprint density at radius 1 is 1.27 bits per heavy atom. The third-order valence-electron chi connectivity index (χ3n) is 3.03. The molecule has 0 unspecified atom stereocenters. The number of hydrogen-bond acceptors (Lipinski definition) is 6. The van der Waals surface area contributed by atoms with E-state index in [2.05, 4.69) is 10.1 Å². The predicted molar refractivity (Wildman–Crippen MR) is 82.6 cm³/mol. The van der Waals surface area contributed by atoms with Crippen LogP contribution in [0, 0.1) is 13.8 Å². The van der Waals surface area contributed by atoms with Gasteiger partial charge < -0.3 is 9.26 Å². The summed E-state index contributed by atoms with van der Waals surface area (Å²) in [7, 11) is 0. The maximum atomic E-state index is 12.2. The van der Waals surface area contributed by atoms with E-state index in [1.165, 1.54) is 11.3 Å². The van der Waals surface area contributed by atoms with Crippen LogP contribution in [0.1, 0.15) is 26.8 Å². The van der Waals surface area contributed by atoms with Crippen molar-refractivity contribution in [3.63, 3.8) is 0 Å². The molecule has 0 bridgehead atoms. The molecule has 3 rings (SSSR count). The third kappa shape index (κ3) is 3.07. The molecule has 0 saturated heterocycles. The fourth-order valence-electron chi connectivity index (χ4n) is 1.98. The Kier molecular flexibility index (Phi) is 4.02. The summed E-state index contributed by atoms with van der Waals surface area (Å²) in [6.07, 6.45) is 0. The Balaban J connectivity index is 1.74. The Labute approximate surface area is 131 Å². The summed E-state index contributed by atoms with van der Waals surface area (Å²) < 4.78 is 10.3. The summed E-state index contributed by atoms with van der Waals surface area (Å²) >= 11 is 1.33. The fraction of sp³-hybridized carbons (Fsp3) is 0.188. The third-order valence-corrected chi connectivity index (χ3v) is 4.21. The summed E-state index contributed by atoms with van der Waals surface area (Å²) in [5, 5.41) is 4.56. The summed E-state index contributed by atoms with van der Waals surface area (Å²) in [5.74, 6) is 0.127. The number of rotatable bonds is 4. The van der Waals surface area contributed by atoms with Crippen LogP contribution in [0.5, 0.6) is 0 Å². The van der Waals surface area contributed by atoms with Gasteiger partial charge in [-0.3, -0.25) is 0 Å². The first-order valence-electron chi connectivity index (χ1n) is 6.75. The van der Waals surface area contributed by atoms with E-state index in [1.807, 2.05) is 37.3 Å². The fourth-order valence-corrected chi connectivity index (χ4v) is 2.94. The zero-order valence-electron chi connectivity index (χ0n) is 12.2. The second kappa shape index (κ2) is 6.11. The van der Waals surface area contributed by atoms with Crippen molar-refractivity contribution >= 4 is 17.3 Å². The van der Waals surface area contributed by atoms with Crippen molar-refractivity contribution in [3.05, 3.63) is 58.4 Å². The maximum absolute atomic E-state index is 12.2. The van der Waals surface area contributed by atoms with E-state index in [-0.39, 0.29) is 6.61 Å². The average molecular weight is 314 g/mol. The van der Waals surface area contributed by atoms with Crippen molar-refractivity contribution in [2.75, 3.05) is 0 Å². The van der Waals surface area contributed by atoms with Gasteiger partial charge in [-0.2, -0.15) is 0 Å². The van der Waals surface area contributed by atoms with E-state index < -0.39 is 5.97 Å². The molecule has 0 saturated carbocycles. The van der Waals surface area contributed by atoms with Gasteiger partial charge in [-0.25, -0.2) is 9.78 Å². The molecule has 2 aromatic heterocycles. The lowest BCUT2D eigenvalue weighted by molar-refractivity contribution is 0.0442. The standard InChI is InChI=1S/C16H14N2O3S/c1-10-8-13(21-18-10)9-20-16(19)14-11(2)17-15(22-14)12-6-4-3-5-7-12/h3-8H,9H2,1-2H3. The van der Waals surface area contributed by atoms with Crippen molar-refractivity contribution in [2.24, 2.45) is 0 Å². The van der Waals surface area contributed by atoms with Crippen LogP contribution in [0.2, 0.25) is 0 Å². The lowest BCUT2D eigenvalue weighted by atomic mass is 10.2. The highest BCUT2D eigenvalue weighted by molar-refractivity contribution is 7.17. The van der Waals surface area contributed by atoms with Gasteiger partial charge in [-0.05, 0) is 13.8 Å². The lowest BCUT2D eigenvalue weighted by Gasteiger charge is -2.00. The van der Waals surface area contributed by atoms with Gasteiger partial charge in [0.25, 0.3) is 0 Å². The molecule has 0 atom stereocenters. The van der Waals surface area contributed by atoms with Gasteiger partial charge in [-0.1, -0.05) is 35.5 Å². The van der Waals surface area contributed by atoms with Crippen LogP contribution in [-0.2, 0) is 11.3 Å². The number of nitrogens with zero attached hydrogens (tertiary/aromatic N) is 2. The highest BCUT2D eigenvalue weighted by Gasteiger charge is 2.18. The van der Waals surface area contributed by atoms with Crippen LogP contribution >= 0.6 is 11.3 Å². The number of ether oxygens (including phenoxy) is 1. The number of carbonyl (C=O) groups excluding carboxylic acids is 1. The Morgan fingerprint density at radius 3 is 2.73 bits per heavy atom. The molecule has 112 valence electrons.